The SMILES string of the molecule is CCCCNC(=O)CNC(=O)c1cnc2cc(NC(=O)CN3CCN(CC(=O)O)CCN(CC(=O)O)CCN(CC(=O)O)CC3)ccc2c1. The van der Waals surface area contributed by atoms with Crippen molar-refractivity contribution in [1.82, 2.24) is 35.2 Å². The maximum absolute atomic E-state index is 13.2. The van der Waals surface area contributed by atoms with Gasteiger partial charge in [-0.2, -0.15) is 0 Å². The first-order valence-electron chi connectivity index (χ1n) is 16.2. The maximum Gasteiger partial charge on any atom is 0.317 e. The van der Waals surface area contributed by atoms with Crippen LogP contribution in [0.4, 0.5) is 5.69 Å². The Bertz CT molecular complexity index is 1440. The molecule has 17 nitrogen and oxygen atoms in total. The normalized spacial score (nSPS) is 15.9. The molecule has 0 aliphatic carbocycles. The van der Waals surface area contributed by atoms with E-state index in [9.17, 15) is 44.1 Å². The topological polar surface area (TPSA) is 225 Å². The van der Waals surface area contributed by atoms with Crippen molar-refractivity contribution in [1.29, 1.82) is 0 Å². The molecule has 0 radical (unpaired) electrons. The van der Waals surface area contributed by atoms with Crippen LogP contribution in [-0.4, -0.2) is 167 Å². The van der Waals surface area contributed by atoms with Gasteiger partial charge in [0.25, 0.3) is 5.91 Å². The Morgan fingerprint density at radius 2 is 1.20 bits per heavy atom. The van der Waals surface area contributed by atoms with Gasteiger partial charge < -0.3 is 31.3 Å². The summed E-state index contributed by atoms with van der Waals surface area (Å²) in [6.07, 6.45) is 3.19. The van der Waals surface area contributed by atoms with Crippen molar-refractivity contribution >= 4 is 52.2 Å². The van der Waals surface area contributed by atoms with Gasteiger partial charge in [0.15, 0.2) is 0 Å². The van der Waals surface area contributed by atoms with Crippen LogP contribution in [-0.2, 0) is 24.0 Å². The van der Waals surface area contributed by atoms with Gasteiger partial charge in [0.2, 0.25) is 11.8 Å². The first-order chi connectivity index (χ1) is 23.4. The molecule has 2 heterocycles. The van der Waals surface area contributed by atoms with E-state index in [4.69, 9.17) is 0 Å². The summed E-state index contributed by atoms with van der Waals surface area (Å²) in [7, 11) is 0. The smallest absolute Gasteiger partial charge is 0.317 e. The lowest BCUT2D eigenvalue weighted by Crippen LogP contribution is -2.49. The van der Waals surface area contributed by atoms with Gasteiger partial charge in [0, 0.05) is 76.2 Å². The highest BCUT2D eigenvalue weighted by Gasteiger charge is 2.21. The number of carbonyl (C=O) groups excluding carboxylic acids is 3. The van der Waals surface area contributed by atoms with Crippen LogP contribution in [0.25, 0.3) is 10.9 Å². The molecule has 0 spiro atoms. The Morgan fingerprint density at radius 3 is 1.69 bits per heavy atom. The van der Waals surface area contributed by atoms with Crippen LogP contribution in [0.5, 0.6) is 0 Å². The zero-order chi connectivity index (χ0) is 35.8. The minimum Gasteiger partial charge on any atom is -0.480 e. The molecule has 1 aliphatic rings. The first-order valence-corrected chi connectivity index (χ1v) is 16.2. The second kappa shape index (κ2) is 20.0. The molecule has 49 heavy (non-hydrogen) atoms. The minimum absolute atomic E-state index is 0.0520. The second-order valence-electron chi connectivity index (χ2n) is 11.9. The lowest BCUT2D eigenvalue weighted by molar-refractivity contribution is -0.140. The lowest BCUT2D eigenvalue weighted by Gasteiger charge is -2.32. The van der Waals surface area contributed by atoms with Crippen molar-refractivity contribution in [2.45, 2.75) is 19.8 Å². The van der Waals surface area contributed by atoms with Gasteiger partial charge >= 0.3 is 17.9 Å². The lowest BCUT2D eigenvalue weighted by atomic mass is 10.1. The summed E-state index contributed by atoms with van der Waals surface area (Å²) in [6, 6.07) is 6.69. The number of hydrogen-bond donors (Lipinski definition) is 6. The monoisotopic (exact) mass is 686 g/mol. The molecule has 3 rings (SSSR count). The van der Waals surface area contributed by atoms with E-state index in [2.05, 4.69) is 20.9 Å². The number of nitrogens with one attached hydrogen (secondary N) is 3. The van der Waals surface area contributed by atoms with Crippen LogP contribution in [0.2, 0.25) is 0 Å². The molecular weight excluding hydrogens is 640 g/mol. The van der Waals surface area contributed by atoms with E-state index in [0.717, 1.165) is 12.8 Å². The molecule has 0 bridgehead atoms. The van der Waals surface area contributed by atoms with Gasteiger partial charge in [-0.15, -0.1) is 0 Å². The van der Waals surface area contributed by atoms with Gasteiger partial charge in [-0.3, -0.25) is 53.4 Å². The fourth-order valence-corrected chi connectivity index (χ4v) is 5.24. The largest absolute Gasteiger partial charge is 0.480 e. The van der Waals surface area contributed by atoms with E-state index in [-0.39, 0.29) is 76.3 Å². The predicted octanol–water partition coefficient (Wildman–Crippen LogP) is -0.705. The maximum atomic E-state index is 13.2. The fourth-order valence-electron chi connectivity index (χ4n) is 5.24. The number of anilines is 1. The summed E-state index contributed by atoms with van der Waals surface area (Å²) in [5.74, 6) is -4.16. The molecule has 3 amide bonds. The molecular formula is C32H46N8O9. The highest BCUT2D eigenvalue weighted by Crippen LogP contribution is 2.19. The van der Waals surface area contributed by atoms with Crippen molar-refractivity contribution in [3.63, 3.8) is 0 Å². The predicted molar refractivity (Wildman–Crippen MR) is 179 cm³/mol. The summed E-state index contributed by atoms with van der Waals surface area (Å²) < 4.78 is 0. The molecule has 1 fully saturated rings. The number of amides is 3. The number of hydrogen-bond acceptors (Lipinski definition) is 11. The molecule has 0 unspecified atom stereocenters. The quantitative estimate of drug-likeness (QED) is 0.127. The Hall–Kier alpha value is -4.71. The van der Waals surface area contributed by atoms with E-state index in [1.165, 1.54) is 6.20 Å². The molecule has 1 aromatic carbocycles. The Kier molecular flexibility index (Phi) is 15.8. The summed E-state index contributed by atoms with van der Waals surface area (Å²) in [5, 5.41) is 37.0. The average Bonchev–Trinajstić information content (AvgIpc) is 3.04. The van der Waals surface area contributed by atoms with E-state index in [0.29, 0.717) is 49.3 Å². The van der Waals surface area contributed by atoms with Gasteiger partial charge in [0.1, 0.15) is 0 Å². The number of benzene rings is 1. The van der Waals surface area contributed by atoms with Crippen molar-refractivity contribution < 1.29 is 44.1 Å². The van der Waals surface area contributed by atoms with Crippen LogP contribution in [0, 0.1) is 0 Å². The zero-order valence-corrected chi connectivity index (χ0v) is 27.7. The van der Waals surface area contributed by atoms with Crippen molar-refractivity contribution in [3.8, 4) is 0 Å². The van der Waals surface area contributed by atoms with Gasteiger partial charge in [-0.05, 0) is 24.6 Å². The molecule has 1 aromatic heterocycles. The number of aromatic nitrogens is 1. The number of rotatable bonds is 15. The fraction of sp³-hybridized carbons (Fsp3) is 0.531. The third-order valence-electron chi connectivity index (χ3n) is 7.87. The van der Waals surface area contributed by atoms with Crippen LogP contribution < -0.4 is 16.0 Å². The van der Waals surface area contributed by atoms with Crippen LogP contribution >= 0.6 is 0 Å². The number of pyridine rings is 1. The van der Waals surface area contributed by atoms with E-state index < -0.39 is 23.8 Å². The Morgan fingerprint density at radius 1 is 0.694 bits per heavy atom. The van der Waals surface area contributed by atoms with Crippen molar-refractivity contribution in [3.05, 3.63) is 36.0 Å². The number of fused-ring (bicyclic) bond motifs is 1. The summed E-state index contributed by atoms with van der Waals surface area (Å²) >= 11 is 0. The van der Waals surface area contributed by atoms with Crippen molar-refractivity contribution in [2.24, 2.45) is 0 Å². The summed E-state index contributed by atoms with van der Waals surface area (Å²) in [6.45, 7) is 3.91. The number of carboxylic acids is 3. The van der Waals surface area contributed by atoms with Gasteiger partial charge in [-0.1, -0.05) is 19.4 Å². The zero-order valence-electron chi connectivity index (χ0n) is 27.7. The van der Waals surface area contributed by atoms with E-state index >= 15 is 0 Å². The van der Waals surface area contributed by atoms with Crippen LogP contribution in [0.15, 0.2) is 30.5 Å². The Labute approximate surface area is 284 Å². The third kappa shape index (κ3) is 14.5. The Balaban J connectivity index is 1.65. The standard InChI is InChI=1S/C32H46N8O9/c1-2-3-6-33-27(41)18-35-32(49)24-15-23-4-5-25(16-26(23)34-17-24)36-28(42)19-37-7-9-38(20-29(43)44)11-13-40(22-31(47)48)14-12-39(10-8-37)21-30(45)46/h4-5,15-17H,2-3,6-14,18-22H2,1H3,(H,33,41)(H,35,49)(H,36,42)(H,43,44)(H,45,46)(H,47,48). The number of unbranched alkanes of at least 4 members (excludes halogenated alkanes) is 1. The minimum atomic E-state index is -1.03. The van der Waals surface area contributed by atoms with Crippen LogP contribution in [0.1, 0.15) is 30.1 Å². The summed E-state index contributed by atoms with van der Waals surface area (Å²) in [5.41, 5.74) is 1.28. The summed E-state index contributed by atoms with van der Waals surface area (Å²) in [4.78, 5) is 83.3. The molecule has 1 aliphatic heterocycles. The van der Waals surface area contributed by atoms with Crippen LogP contribution in [0.3, 0.4) is 0 Å². The number of carboxylic acid groups (broad SMARTS) is 3. The highest BCUT2D eigenvalue weighted by atomic mass is 16.4. The molecule has 2 aromatic rings. The van der Waals surface area contributed by atoms with Gasteiger partial charge in [-0.25, -0.2) is 0 Å². The highest BCUT2D eigenvalue weighted by molar-refractivity contribution is 6.00. The van der Waals surface area contributed by atoms with Gasteiger partial charge in [0.05, 0.1) is 43.8 Å². The van der Waals surface area contributed by atoms with Crippen molar-refractivity contribution in [2.75, 3.05) is 96.9 Å². The first kappa shape index (κ1) is 38.7. The molecule has 0 saturated carbocycles. The van der Waals surface area contributed by atoms with E-state index in [1.54, 1.807) is 39.0 Å². The third-order valence-corrected chi connectivity index (χ3v) is 7.87. The average molecular weight is 687 g/mol. The molecule has 268 valence electrons. The molecule has 17 heteroatoms. The molecule has 0 atom stereocenters. The number of carbonyl (C=O) groups is 6. The number of aliphatic carboxylic acids is 3. The molecule has 1 saturated heterocycles. The molecule has 6 N–H and O–H groups in total. The number of nitrogens with zero attached hydrogens (tertiary/aromatic N) is 5. The second-order valence-corrected chi connectivity index (χ2v) is 11.9. The van der Waals surface area contributed by atoms with E-state index in [1.807, 2.05) is 11.8 Å².